The van der Waals surface area contributed by atoms with Gasteiger partial charge in [0.2, 0.25) is 0 Å². The molecule has 0 aliphatic heterocycles. The molecule has 0 saturated heterocycles. The molecule has 0 amide bonds. The second kappa shape index (κ2) is 7.04. The van der Waals surface area contributed by atoms with Crippen LogP contribution in [0, 0.1) is 5.92 Å². The van der Waals surface area contributed by atoms with Gasteiger partial charge in [0.15, 0.2) is 5.82 Å². The lowest BCUT2D eigenvalue weighted by atomic mass is 10.1. The van der Waals surface area contributed by atoms with Crippen molar-refractivity contribution in [2.45, 2.75) is 27.2 Å². The fourth-order valence-electron chi connectivity index (χ4n) is 2.09. The number of nitrogens with zero attached hydrogens (tertiary/aromatic N) is 2. The number of nitrogen functional groups attached to an aromatic ring is 1. The van der Waals surface area contributed by atoms with E-state index in [0.29, 0.717) is 24.2 Å². The third kappa shape index (κ3) is 4.16. The van der Waals surface area contributed by atoms with Crippen molar-refractivity contribution in [2.24, 2.45) is 11.8 Å². The summed E-state index contributed by atoms with van der Waals surface area (Å²) in [6.07, 6.45) is 0.890. The molecule has 21 heavy (non-hydrogen) atoms. The highest BCUT2D eigenvalue weighted by Gasteiger charge is 2.08. The summed E-state index contributed by atoms with van der Waals surface area (Å²) in [4.78, 5) is 9.04. The Bertz CT molecular complexity index is 581. The van der Waals surface area contributed by atoms with Gasteiger partial charge in [0.1, 0.15) is 11.6 Å². The van der Waals surface area contributed by atoms with Gasteiger partial charge >= 0.3 is 0 Å². The van der Waals surface area contributed by atoms with E-state index >= 15 is 0 Å². The Morgan fingerprint density at radius 3 is 2.48 bits per heavy atom. The fourth-order valence-corrected chi connectivity index (χ4v) is 2.09. The maximum Gasteiger partial charge on any atom is 0.161 e. The summed E-state index contributed by atoms with van der Waals surface area (Å²) in [5.74, 6) is 8.17. The Hall–Kier alpha value is -2.14. The minimum atomic E-state index is 0.527. The zero-order valence-electron chi connectivity index (χ0n) is 12.8. The molecule has 1 heterocycles. The summed E-state index contributed by atoms with van der Waals surface area (Å²) in [6.45, 7) is 6.94. The molecule has 0 aliphatic carbocycles. The second-order valence-corrected chi connectivity index (χ2v) is 5.27. The van der Waals surface area contributed by atoms with Crippen LogP contribution in [-0.2, 0) is 6.42 Å². The number of benzene rings is 1. The lowest BCUT2D eigenvalue weighted by molar-refractivity contribution is 0.340. The first-order chi connectivity index (χ1) is 10.1. The topological polar surface area (TPSA) is 73.1 Å². The van der Waals surface area contributed by atoms with Crippen molar-refractivity contribution in [3.8, 4) is 17.1 Å². The second-order valence-electron chi connectivity index (χ2n) is 5.27. The number of anilines is 1. The van der Waals surface area contributed by atoms with E-state index in [2.05, 4.69) is 29.2 Å². The van der Waals surface area contributed by atoms with Crippen molar-refractivity contribution in [1.29, 1.82) is 0 Å². The zero-order chi connectivity index (χ0) is 15.2. The molecule has 2 rings (SSSR count). The highest BCUT2D eigenvalue weighted by Crippen LogP contribution is 2.22. The van der Waals surface area contributed by atoms with Crippen LogP contribution < -0.4 is 16.0 Å². The smallest absolute Gasteiger partial charge is 0.161 e. The van der Waals surface area contributed by atoms with Crippen LogP contribution in [0.1, 0.15) is 26.5 Å². The van der Waals surface area contributed by atoms with Crippen molar-refractivity contribution in [3.63, 3.8) is 0 Å². The average Bonchev–Trinajstić information content (AvgIpc) is 2.47. The van der Waals surface area contributed by atoms with Crippen molar-refractivity contribution in [2.75, 3.05) is 12.0 Å². The van der Waals surface area contributed by atoms with E-state index in [1.165, 1.54) is 0 Å². The van der Waals surface area contributed by atoms with Crippen LogP contribution in [0.4, 0.5) is 5.82 Å². The molecule has 1 aromatic carbocycles. The predicted octanol–water partition coefficient (Wildman–Crippen LogP) is 3.03. The third-order valence-electron chi connectivity index (χ3n) is 2.97. The Balaban J connectivity index is 2.32. The lowest BCUT2D eigenvalue weighted by Crippen LogP contribution is -2.11. The van der Waals surface area contributed by atoms with Crippen molar-refractivity contribution in [1.82, 2.24) is 9.97 Å². The molecule has 0 unspecified atom stereocenters. The first-order valence-corrected chi connectivity index (χ1v) is 7.20. The molecule has 112 valence electrons. The molecule has 1 aromatic heterocycles. The van der Waals surface area contributed by atoms with Crippen LogP contribution in [0.5, 0.6) is 5.75 Å². The first kappa shape index (κ1) is 15.3. The van der Waals surface area contributed by atoms with Gasteiger partial charge < -0.3 is 10.2 Å². The van der Waals surface area contributed by atoms with Gasteiger partial charge in [-0.1, -0.05) is 13.8 Å². The van der Waals surface area contributed by atoms with Gasteiger partial charge in [-0.15, -0.1) is 0 Å². The van der Waals surface area contributed by atoms with E-state index < -0.39 is 0 Å². The molecule has 0 bridgehead atoms. The van der Waals surface area contributed by atoms with Crippen LogP contribution >= 0.6 is 0 Å². The molecule has 0 radical (unpaired) electrons. The van der Waals surface area contributed by atoms with Gasteiger partial charge in [0.05, 0.1) is 6.61 Å². The average molecular weight is 286 g/mol. The molecule has 2 aromatic rings. The van der Waals surface area contributed by atoms with Gasteiger partial charge in [-0.3, -0.25) is 0 Å². The summed E-state index contributed by atoms with van der Waals surface area (Å²) < 4.78 is 5.44. The lowest BCUT2D eigenvalue weighted by Gasteiger charge is -2.10. The van der Waals surface area contributed by atoms with Gasteiger partial charge in [0.25, 0.3) is 0 Å². The van der Waals surface area contributed by atoms with Crippen LogP contribution in [0.2, 0.25) is 0 Å². The van der Waals surface area contributed by atoms with Crippen molar-refractivity contribution < 1.29 is 4.74 Å². The maximum absolute atomic E-state index is 5.50. The fraction of sp³-hybridized carbons (Fsp3) is 0.375. The minimum absolute atomic E-state index is 0.527. The van der Waals surface area contributed by atoms with Crippen molar-refractivity contribution >= 4 is 5.82 Å². The number of hydrazine groups is 1. The molecule has 5 nitrogen and oxygen atoms in total. The molecule has 0 spiro atoms. The van der Waals surface area contributed by atoms with E-state index in [1.54, 1.807) is 0 Å². The van der Waals surface area contributed by atoms with E-state index in [-0.39, 0.29) is 0 Å². The summed E-state index contributed by atoms with van der Waals surface area (Å²) in [5, 5.41) is 0. The molecule has 3 N–H and O–H groups in total. The predicted molar refractivity (Wildman–Crippen MR) is 85.0 cm³/mol. The van der Waals surface area contributed by atoms with Gasteiger partial charge in [-0.25, -0.2) is 15.8 Å². The van der Waals surface area contributed by atoms with E-state index in [0.717, 1.165) is 23.4 Å². The molecule has 5 heteroatoms. The highest BCUT2D eigenvalue weighted by molar-refractivity contribution is 5.58. The molecular weight excluding hydrogens is 264 g/mol. The highest BCUT2D eigenvalue weighted by atomic mass is 16.5. The quantitative estimate of drug-likeness (QED) is 0.631. The van der Waals surface area contributed by atoms with Crippen molar-refractivity contribution in [3.05, 3.63) is 36.0 Å². The molecular formula is C16H22N4O. The third-order valence-corrected chi connectivity index (χ3v) is 2.97. The van der Waals surface area contributed by atoms with Gasteiger partial charge in [-0.2, -0.15) is 0 Å². The molecule has 0 aliphatic rings. The molecule has 0 saturated carbocycles. The SMILES string of the molecule is CCOc1ccc(-c2nc(CC(C)C)cc(NN)n2)cc1. The van der Waals surface area contributed by atoms with Crippen LogP contribution in [-0.4, -0.2) is 16.6 Å². The number of nitrogens with one attached hydrogen (secondary N) is 1. The van der Waals surface area contributed by atoms with Gasteiger partial charge in [0, 0.05) is 17.3 Å². The van der Waals surface area contributed by atoms with E-state index in [1.807, 2.05) is 37.3 Å². The Morgan fingerprint density at radius 1 is 1.19 bits per heavy atom. The van der Waals surface area contributed by atoms with Crippen LogP contribution in [0.25, 0.3) is 11.4 Å². The number of hydrogen-bond acceptors (Lipinski definition) is 5. The summed E-state index contributed by atoms with van der Waals surface area (Å²) in [7, 11) is 0. The summed E-state index contributed by atoms with van der Waals surface area (Å²) >= 11 is 0. The normalized spacial score (nSPS) is 10.7. The summed E-state index contributed by atoms with van der Waals surface area (Å²) in [6, 6.07) is 9.65. The Morgan fingerprint density at radius 2 is 1.90 bits per heavy atom. The standard InChI is InChI=1S/C16H22N4O/c1-4-21-14-7-5-12(6-8-14)16-18-13(9-11(2)3)10-15(19-16)20-17/h5-8,10-11H,4,9,17H2,1-3H3,(H,18,19,20). The minimum Gasteiger partial charge on any atom is -0.494 e. The number of ether oxygens (including phenoxy) is 1. The van der Waals surface area contributed by atoms with E-state index in [4.69, 9.17) is 10.6 Å². The first-order valence-electron chi connectivity index (χ1n) is 7.20. The van der Waals surface area contributed by atoms with Crippen LogP contribution in [0.3, 0.4) is 0 Å². The Kier molecular flexibility index (Phi) is 5.11. The Labute approximate surface area is 125 Å². The zero-order valence-corrected chi connectivity index (χ0v) is 12.8. The molecule has 0 atom stereocenters. The van der Waals surface area contributed by atoms with Crippen LogP contribution in [0.15, 0.2) is 30.3 Å². The number of aromatic nitrogens is 2. The largest absolute Gasteiger partial charge is 0.494 e. The molecule has 0 fully saturated rings. The number of nitrogens with two attached hydrogens (primary N) is 1. The monoisotopic (exact) mass is 286 g/mol. The number of rotatable bonds is 6. The van der Waals surface area contributed by atoms with Gasteiger partial charge in [-0.05, 0) is 43.5 Å². The number of hydrogen-bond donors (Lipinski definition) is 2. The van der Waals surface area contributed by atoms with E-state index in [9.17, 15) is 0 Å². The summed E-state index contributed by atoms with van der Waals surface area (Å²) in [5.41, 5.74) is 4.53. The maximum atomic E-state index is 5.50.